The molecule has 0 fully saturated rings. The van der Waals surface area contributed by atoms with E-state index in [0.717, 1.165) is 0 Å². The third kappa shape index (κ3) is 2.98. The molecule has 8 aromatic rings. The zero-order chi connectivity index (χ0) is 24.3. The third-order valence-electron chi connectivity index (χ3n) is 7.74. The highest BCUT2D eigenvalue weighted by Crippen LogP contribution is 2.43. The third-order valence-corrected chi connectivity index (χ3v) is 7.74. The molecule has 0 amide bonds. The maximum atomic E-state index is 2.47. The van der Waals surface area contributed by atoms with Crippen LogP contribution in [0.15, 0.2) is 140 Å². The lowest BCUT2D eigenvalue weighted by Crippen LogP contribution is -1.95. The monoisotopic (exact) mass is 469 g/mol. The Labute approximate surface area is 214 Å². The van der Waals surface area contributed by atoms with Crippen LogP contribution >= 0.6 is 0 Å². The van der Waals surface area contributed by atoms with E-state index >= 15 is 0 Å². The Morgan fingerprint density at radius 2 is 0.919 bits per heavy atom. The van der Waals surface area contributed by atoms with E-state index in [1.54, 1.807) is 0 Å². The summed E-state index contributed by atoms with van der Waals surface area (Å²) in [5, 5.41) is 10.3. The van der Waals surface area contributed by atoms with Gasteiger partial charge in [-0.1, -0.05) is 115 Å². The van der Waals surface area contributed by atoms with Crippen molar-refractivity contribution in [1.29, 1.82) is 0 Å². The summed E-state index contributed by atoms with van der Waals surface area (Å²) in [4.78, 5) is 0. The molecule has 1 aromatic heterocycles. The molecule has 0 spiro atoms. The van der Waals surface area contributed by atoms with Crippen molar-refractivity contribution in [2.45, 2.75) is 0 Å². The van der Waals surface area contributed by atoms with E-state index in [1.807, 2.05) is 0 Å². The Morgan fingerprint density at radius 1 is 0.378 bits per heavy atom. The van der Waals surface area contributed by atoms with Crippen LogP contribution in [0.25, 0.3) is 70.9 Å². The van der Waals surface area contributed by atoms with E-state index in [4.69, 9.17) is 0 Å². The fourth-order valence-corrected chi connectivity index (χ4v) is 6.06. The van der Waals surface area contributed by atoms with Gasteiger partial charge in [0.05, 0.1) is 11.0 Å². The maximum absolute atomic E-state index is 2.47. The number of rotatable bonds is 2. The van der Waals surface area contributed by atoms with E-state index in [2.05, 4.69) is 144 Å². The van der Waals surface area contributed by atoms with Crippen LogP contribution in [0.1, 0.15) is 0 Å². The molecule has 0 aliphatic rings. The maximum Gasteiger partial charge on any atom is 0.0625 e. The SMILES string of the molecule is c1ccc(-c2ccc(-n3c4cc5ccccc5cc4c4c5ccccc5c5ccccc5c43)cc2)cc1. The van der Waals surface area contributed by atoms with Gasteiger partial charge in [0.1, 0.15) is 0 Å². The molecule has 0 radical (unpaired) electrons. The minimum Gasteiger partial charge on any atom is -0.309 e. The van der Waals surface area contributed by atoms with Crippen molar-refractivity contribution in [3.63, 3.8) is 0 Å². The number of hydrogen-bond acceptors (Lipinski definition) is 0. The smallest absolute Gasteiger partial charge is 0.0625 e. The quantitative estimate of drug-likeness (QED) is 0.222. The molecule has 0 saturated carbocycles. The van der Waals surface area contributed by atoms with Crippen molar-refractivity contribution < 1.29 is 0 Å². The lowest BCUT2D eigenvalue weighted by Gasteiger charge is -2.13. The van der Waals surface area contributed by atoms with Crippen LogP contribution in [0.2, 0.25) is 0 Å². The molecule has 0 aliphatic heterocycles. The van der Waals surface area contributed by atoms with Gasteiger partial charge in [0.25, 0.3) is 0 Å². The number of aromatic nitrogens is 1. The first-order valence-electron chi connectivity index (χ1n) is 12.8. The molecule has 172 valence electrons. The second-order valence-electron chi connectivity index (χ2n) is 9.78. The second-order valence-corrected chi connectivity index (χ2v) is 9.78. The lowest BCUT2D eigenvalue weighted by molar-refractivity contribution is 1.19. The molecule has 0 bridgehead atoms. The number of hydrogen-bond donors (Lipinski definition) is 0. The average Bonchev–Trinajstić information content (AvgIpc) is 3.31. The predicted molar refractivity (Wildman–Crippen MR) is 159 cm³/mol. The van der Waals surface area contributed by atoms with Gasteiger partial charge in [-0.2, -0.15) is 0 Å². The van der Waals surface area contributed by atoms with Gasteiger partial charge in [0, 0.05) is 21.8 Å². The second kappa shape index (κ2) is 7.81. The summed E-state index contributed by atoms with van der Waals surface area (Å²) in [6.07, 6.45) is 0. The van der Waals surface area contributed by atoms with Gasteiger partial charge < -0.3 is 4.57 Å². The van der Waals surface area contributed by atoms with Crippen LogP contribution in [0.5, 0.6) is 0 Å². The van der Waals surface area contributed by atoms with E-state index in [9.17, 15) is 0 Å². The molecule has 8 rings (SSSR count). The lowest BCUT2D eigenvalue weighted by atomic mass is 9.96. The summed E-state index contributed by atoms with van der Waals surface area (Å²) in [6.45, 7) is 0. The molecule has 0 unspecified atom stereocenters. The first-order valence-corrected chi connectivity index (χ1v) is 12.8. The molecule has 37 heavy (non-hydrogen) atoms. The number of benzene rings is 7. The van der Waals surface area contributed by atoms with Crippen LogP contribution in [0, 0.1) is 0 Å². The van der Waals surface area contributed by atoms with E-state index in [1.165, 1.54) is 70.9 Å². The van der Waals surface area contributed by atoms with Crippen LogP contribution in [0.3, 0.4) is 0 Å². The zero-order valence-corrected chi connectivity index (χ0v) is 20.2. The van der Waals surface area contributed by atoms with Gasteiger partial charge in [0.2, 0.25) is 0 Å². The highest BCUT2D eigenvalue weighted by molar-refractivity contribution is 6.32. The largest absolute Gasteiger partial charge is 0.309 e. The first kappa shape index (κ1) is 20.3. The highest BCUT2D eigenvalue weighted by Gasteiger charge is 2.19. The van der Waals surface area contributed by atoms with Gasteiger partial charge in [-0.05, 0) is 62.3 Å². The van der Waals surface area contributed by atoms with E-state index in [-0.39, 0.29) is 0 Å². The van der Waals surface area contributed by atoms with Gasteiger partial charge in [-0.25, -0.2) is 0 Å². The summed E-state index contributed by atoms with van der Waals surface area (Å²) >= 11 is 0. The topological polar surface area (TPSA) is 4.93 Å². The van der Waals surface area contributed by atoms with Crippen LogP contribution in [-0.2, 0) is 0 Å². The summed E-state index contributed by atoms with van der Waals surface area (Å²) in [5.74, 6) is 0. The molecule has 7 aromatic carbocycles. The Balaban J connectivity index is 1.56. The van der Waals surface area contributed by atoms with Crippen LogP contribution < -0.4 is 0 Å². The first-order chi connectivity index (χ1) is 18.4. The Bertz CT molecular complexity index is 2110. The van der Waals surface area contributed by atoms with Crippen LogP contribution in [0.4, 0.5) is 0 Å². The predicted octanol–water partition coefficient (Wildman–Crippen LogP) is 9.91. The number of nitrogens with zero attached hydrogens (tertiary/aromatic N) is 1. The van der Waals surface area contributed by atoms with Gasteiger partial charge in [-0.15, -0.1) is 0 Å². The number of fused-ring (bicyclic) bond motifs is 9. The minimum atomic E-state index is 1.18. The van der Waals surface area contributed by atoms with Gasteiger partial charge >= 0.3 is 0 Å². The van der Waals surface area contributed by atoms with Crippen LogP contribution in [-0.4, -0.2) is 4.57 Å². The van der Waals surface area contributed by atoms with Gasteiger partial charge in [-0.3, -0.25) is 0 Å². The summed E-state index contributed by atoms with van der Waals surface area (Å²) in [5.41, 5.74) is 6.15. The molecular weight excluding hydrogens is 446 g/mol. The van der Waals surface area contributed by atoms with Crippen molar-refractivity contribution in [2.75, 3.05) is 0 Å². The molecule has 0 saturated heterocycles. The molecule has 0 atom stereocenters. The zero-order valence-electron chi connectivity index (χ0n) is 20.2. The molecule has 1 heterocycles. The standard InChI is InChI=1S/C36H23N/c1-2-10-24(11-3-1)25-18-20-28(21-19-25)37-34-23-27-13-5-4-12-26(27)22-33(34)35-31-16-8-6-14-29(31)30-15-7-9-17-32(30)36(35)37/h1-23H. The Morgan fingerprint density at radius 3 is 1.65 bits per heavy atom. The van der Waals surface area contributed by atoms with Crippen molar-refractivity contribution in [3.05, 3.63) is 140 Å². The van der Waals surface area contributed by atoms with Crippen molar-refractivity contribution in [3.8, 4) is 16.8 Å². The summed E-state index contributed by atoms with van der Waals surface area (Å²) in [7, 11) is 0. The molecular formula is C36H23N. The Kier molecular flexibility index (Phi) is 4.29. The van der Waals surface area contributed by atoms with E-state index < -0.39 is 0 Å². The van der Waals surface area contributed by atoms with Crippen molar-refractivity contribution in [1.82, 2.24) is 4.57 Å². The fraction of sp³-hybridized carbons (Fsp3) is 0. The van der Waals surface area contributed by atoms with Gasteiger partial charge in [0.15, 0.2) is 0 Å². The fourth-order valence-electron chi connectivity index (χ4n) is 6.06. The molecule has 0 N–H and O–H groups in total. The molecule has 0 aliphatic carbocycles. The van der Waals surface area contributed by atoms with E-state index in [0.29, 0.717) is 0 Å². The minimum absolute atomic E-state index is 1.18. The molecule has 1 heteroatoms. The summed E-state index contributed by atoms with van der Waals surface area (Å²) < 4.78 is 2.47. The van der Waals surface area contributed by atoms with Crippen molar-refractivity contribution in [2.24, 2.45) is 0 Å². The Hall–Kier alpha value is -4.88. The molecule has 1 nitrogen and oxygen atoms in total. The highest BCUT2D eigenvalue weighted by atomic mass is 15.0. The van der Waals surface area contributed by atoms with Crippen molar-refractivity contribution >= 4 is 54.1 Å². The average molecular weight is 470 g/mol. The normalized spacial score (nSPS) is 11.8. The summed E-state index contributed by atoms with van der Waals surface area (Å²) in [6, 6.07) is 50.7.